The van der Waals surface area contributed by atoms with Crippen LogP contribution >= 0.6 is 0 Å². The minimum atomic E-state index is -0.684. The van der Waals surface area contributed by atoms with Gasteiger partial charge in [-0.1, -0.05) is 20.8 Å². The third kappa shape index (κ3) is 2.91. The highest BCUT2D eigenvalue weighted by atomic mass is 16.5. The molecule has 1 rings (SSSR count). The molecule has 5 heteroatoms. The largest absolute Gasteiger partial charge is 0.385 e. The van der Waals surface area contributed by atoms with Crippen LogP contribution in [-0.2, 0) is 14.3 Å². The van der Waals surface area contributed by atoms with Gasteiger partial charge in [0.05, 0.1) is 0 Å². The Morgan fingerprint density at radius 3 is 2.37 bits per heavy atom. The van der Waals surface area contributed by atoms with Gasteiger partial charge in [-0.15, -0.1) is 0 Å². The Labute approximate surface area is 115 Å². The van der Waals surface area contributed by atoms with Crippen LogP contribution in [0.25, 0.3) is 0 Å². The first-order chi connectivity index (χ1) is 9.07. The van der Waals surface area contributed by atoms with Crippen LogP contribution in [0.3, 0.4) is 0 Å². The van der Waals surface area contributed by atoms with Crippen molar-refractivity contribution in [2.45, 2.75) is 58.0 Å². The summed E-state index contributed by atoms with van der Waals surface area (Å²) in [6.07, 6.45) is 2.68. The molecule has 0 radical (unpaired) electrons. The van der Waals surface area contributed by atoms with Crippen molar-refractivity contribution < 1.29 is 14.3 Å². The van der Waals surface area contributed by atoms with Gasteiger partial charge in [-0.05, 0) is 25.7 Å². The normalized spacial score (nSPS) is 22.5. The van der Waals surface area contributed by atoms with Crippen LogP contribution in [-0.4, -0.2) is 48.6 Å². The summed E-state index contributed by atoms with van der Waals surface area (Å²) < 4.78 is 5.05. The van der Waals surface area contributed by atoms with Gasteiger partial charge in [0, 0.05) is 20.3 Å². The summed E-state index contributed by atoms with van der Waals surface area (Å²) >= 11 is 0. The van der Waals surface area contributed by atoms with Crippen LogP contribution in [0.2, 0.25) is 0 Å². The molecule has 2 amide bonds. The minimum absolute atomic E-state index is 0.0126. The lowest BCUT2D eigenvalue weighted by Gasteiger charge is -2.47. The van der Waals surface area contributed by atoms with E-state index < -0.39 is 5.54 Å². The summed E-state index contributed by atoms with van der Waals surface area (Å²) in [5.41, 5.74) is -0.684. The number of nitrogens with zero attached hydrogens (tertiary/aromatic N) is 1. The highest BCUT2D eigenvalue weighted by Gasteiger charge is 2.49. The lowest BCUT2D eigenvalue weighted by Crippen LogP contribution is -2.70. The topological polar surface area (TPSA) is 58.6 Å². The average Bonchev–Trinajstić information content (AvgIpc) is 2.43. The summed E-state index contributed by atoms with van der Waals surface area (Å²) in [7, 11) is 1.65. The monoisotopic (exact) mass is 270 g/mol. The van der Waals surface area contributed by atoms with Gasteiger partial charge in [-0.3, -0.25) is 9.59 Å². The van der Waals surface area contributed by atoms with E-state index in [9.17, 15) is 9.59 Å². The van der Waals surface area contributed by atoms with Gasteiger partial charge < -0.3 is 15.0 Å². The molecule has 1 aliphatic heterocycles. The molecule has 0 aromatic heterocycles. The second kappa shape index (κ2) is 6.89. The maximum atomic E-state index is 12.5. The maximum Gasteiger partial charge on any atom is 0.246 e. The van der Waals surface area contributed by atoms with Crippen molar-refractivity contribution in [3.05, 3.63) is 0 Å². The van der Waals surface area contributed by atoms with Crippen LogP contribution in [0.1, 0.15) is 46.5 Å². The Balaban J connectivity index is 2.97. The fourth-order valence-electron chi connectivity index (χ4n) is 2.80. The first-order valence-electron chi connectivity index (χ1n) is 7.18. The SMILES string of the molecule is CCC1NC(=O)C(CC)(CC)N(CCCOC)C1=O. The molecule has 0 aromatic carbocycles. The highest BCUT2D eigenvalue weighted by molar-refractivity contribution is 5.99. The second-order valence-corrected chi connectivity index (χ2v) is 5.01. The highest BCUT2D eigenvalue weighted by Crippen LogP contribution is 2.29. The number of amides is 2. The van der Waals surface area contributed by atoms with Gasteiger partial charge in [-0.25, -0.2) is 0 Å². The van der Waals surface area contributed by atoms with Crippen molar-refractivity contribution >= 4 is 11.8 Å². The van der Waals surface area contributed by atoms with E-state index in [2.05, 4.69) is 5.32 Å². The van der Waals surface area contributed by atoms with Crippen molar-refractivity contribution in [1.29, 1.82) is 0 Å². The molecule has 1 heterocycles. The van der Waals surface area contributed by atoms with Crippen molar-refractivity contribution in [2.24, 2.45) is 0 Å². The zero-order chi connectivity index (χ0) is 14.5. The fourth-order valence-corrected chi connectivity index (χ4v) is 2.80. The Morgan fingerprint density at radius 2 is 1.89 bits per heavy atom. The third-order valence-electron chi connectivity index (χ3n) is 4.12. The number of ether oxygens (including phenoxy) is 1. The molecule has 0 saturated carbocycles. The number of rotatable bonds is 7. The van der Waals surface area contributed by atoms with E-state index in [0.717, 1.165) is 6.42 Å². The summed E-state index contributed by atoms with van der Waals surface area (Å²) in [6.45, 7) is 7.03. The standard InChI is InChI=1S/C14H26N2O3/c1-5-11-12(17)16(9-8-10-19-4)14(6-2,7-3)13(18)15-11/h11H,5-10H2,1-4H3,(H,15,18). The first kappa shape index (κ1) is 16.0. The van der Waals surface area contributed by atoms with E-state index in [1.54, 1.807) is 12.0 Å². The van der Waals surface area contributed by atoms with Gasteiger partial charge in [-0.2, -0.15) is 0 Å². The Morgan fingerprint density at radius 1 is 1.26 bits per heavy atom. The van der Waals surface area contributed by atoms with Crippen LogP contribution in [0.5, 0.6) is 0 Å². The number of piperazine rings is 1. The summed E-state index contributed by atoms with van der Waals surface area (Å²) in [4.78, 5) is 26.7. The fraction of sp³-hybridized carbons (Fsp3) is 0.857. The molecule has 19 heavy (non-hydrogen) atoms. The number of methoxy groups -OCH3 is 1. The Kier molecular flexibility index (Phi) is 5.79. The predicted octanol–water partition coefficient (Wildman–Crippen LogP) is 1.32. The average molecular weight is 270 g/mol. The predicted molar refractivity (Wildman–Crippen MR) is 73.7 cm³/mol. The van der Waals surface area contributed by atoms with Gasteiger partial charge in [0.2, 0.25) is 11.8 Å². The van der Waals surface area contributed by atoms with E-state index in [-0.39, 0.29) is 17.9 Å². The number of carbonyl (C=O) groups is 2. The van der Waals surface area contributed by atoms with E-state index in [1.807, 2.05) is 20.8 Å². The molecule has 0 spiro atoms. The second-order valence-electron chi connectivity index (χ2n) is 5.01. The number of nitrogens with one attached hydrogen (secondary N) is 1. The zero-order valence-electron chi connectivity index (χ0n) is 12.5. The van der Waals surface area contributed by atoms with Crippen LogP contribution in [0.15, 0.2) is 0 Å². The zero-order valence-corrected chi connectivity index (χ0v) is 12.5. The van der Waals surface area contributed by atoms with Crippen LogP contribution < -0.4 is 5.32 Å². The first-order valence-corrected chi connectivity index (χ1v) is 7.18. The van der Waals surface area contributed by atoms with Gasteiger partial charge in [0.15, 0.2) is 0 Å². The van der Waals surface area contributed by atoms with E-state index >= 15 is 0 Å². The third-order valence-corrected chi connectivity index (χ3v) is 4.12. The molecule has 0 bridgehead atoms. The molecular weight excluding hydrogens is 244 g/mol. The molecule has 0 aliphatic carbocycles. The smallest absolute Gasteiger partial charge is 0.246 e. The number of carbonyl (C=O) groups excluding carboxylic acids is 2. The molecule has 1 atom stereocenters. The van der Waals surface area contributed by atoms with Gasteiger partial charge >= 0.3 is 0 Å². The van der Waals surface area contributed by atoms with E-state index in [4.69, 9.17) is 4.74 Å². The lowest BCUT2D eigenvalue weighted by atomic mass is 9.85. The Hall–Kier alpha value is -1.10. The van der Waals surface area contributed by atoms with Gasteiger partial charge in [0.25, 0.3) is 0 Å². The molecule has 1 saturated heterocycles. The van der Waals surface area contributed by atoms with Gasteiger partial charge in [0.1, 0.15) is 11.6 Å². The summed E-state index contributed by atoms with van der Waals surface area (Å²) in [5, 5.41) is 2.87. The minimum Gasteiger partial charge on any atom is -0.385 e. The van der Waals surface area contributed by atoms with Crippen LogP contribution in [0.4, 0.5) is 0 Å². The molecule has 1 aliphatic rings. The van der Waals surface area contributed by atoms with E-state index in [0.29, 0.717) is 32.4 Å². The molecule has 0 aromatic rings. The molecule has 110 valence electrons. The van der Waals surface area contributed by atoms with Crippen molar-refractivity contribution in [2.75, 3.05) is 20.3 Å². The maximum absolute atomic E-state index is 12.5. The molecule has 1 unspecified atom stereocenters. The molecule has 5 nitrogen and oxygen atoms in total. The molecule has 1 N–H and O–H groups in total. The lowest BCUT2D eigenvalue weighted by molar-refractivity contribution is -0.158. The van der Waals surface area contributed by atoms with E-state index in [1.165, 1.54) is 0 Å². The molecular formula is C14H26N2O3. The van der Waals surface area contributed by atoms with Crippen molar-refractivity contribution in [1.82, 2.24) is 10.2 Å². The summed E-state index contributed by atoms with van der Waals surface area (Å²) in [5.74, 6) is 0.0308. The van der Waals surface area contributed by atoms with Crippen LogP contribution in [0, 0.1) is 0 Å². The van der Waals surface area contributed by atoms with Crippen molar-refractivity contribution in [3.8, 4) is 0 Å². The summed E-state index contributed by atoms with van der Waals surface area (Å²) in [6, 6.07) is -0.374. The quantitative estimate of drug-likeness (QED) is 0.710. The Bertz CT molecular complexity index is 327. The number of hydrogen-bond donors (Lipinski definition) is 1. The van der Waals surface area contributed by atoms with Crippen molar-refractivity contribution in [3.63, 3.8) is 0 Å². The number of hydrogen-bond acceptors (Lipinski definition) is 3. The molecule has 1 fully saturated rings.